The number of carbonyl (C=O) groups is 1. The number of carbonyl (C=O) groups excluding carboxylic acids is 1. The van der Waals surface area contributed by atoms with E-state index in [4.69, 9.17) is 23.2 Å². The Hall–Kier alpha value is -0.570. The van der Waals surface area contributed by atoms with Gasteiger partial charge >= 0.3 is 0 Å². The van der Waals surface area contributed by atoms with Crippen molar-refractivity contribution in [2.75, 3.05) is 13.6 Å². The van der Waals surface area contributed by atoms with Gasteiger partial charge in [0.15, 0.2) is 5.78 Å². The average molecular weight is 246 g/mol. The van der Waals surface area contributed by atoms with Crippen LogP contribution in [0.5, 0.6) is 0 Å². The lowest BCUT2D eigenvalue weighted by molar-refractivity contribution is 0.0930. The maximum Gasteiger partial charge on any atom is 0.166 e. The highest BCUT2D eigenvalue weighted by Crippen LogP contribution is 2.23. The van der Waals surface area contributed by atoms with Crippen LogP contribution in [0.1, 0.15) is 17.3 Å². The van der Waals surface area contributed by atoms with Crippen molar-refractivity contribution in [1.29, 1.82) is 0 Å². The molecule has 0 saturated carbocycles. The predicted octanol–water partition coefficient (Wildman–Crippen LogP) is 3.03. The summed E-state index contributed by atoms with van der Waals surface area (Å²) in [6, 6.07) is 4.95. The normalized spacial score (nSPS) is 12.5. The third-order valence-electron chi connectivity index (χ3n) is 2.16. The minimum absolute atomic E-state index is 0.0627. The van der Waals surface area contributed by atoms with Crippen LogP contribution in [0.2, 0.25) is 10.0 Å². The predicted molar refractivity (Wildman–Crippen MR) is 63.9 cm³/mol. The molecule has 0 radical (unpaired) electrons. The monoisotopic (exact) mass is 245 g/mol. The van der Waals surface area contributed by atoms with Crippen LogP contribution in [0.25, 0.3) is 0 Å². The second kappa shape index (κ2) is 5.50. The molecule has 2 nitrogen and oxygen atoms in total. The molecule has 0 amide bonds. The molecule has 0 aliphatic carbocycles. The van der Waals surface area contributed by atoms with Crippen molar-refractivity contribution in [3.63, 3.8) is 0 Å². The molecule has 1 rings (SSSR count). The molecule has 0 fully saturated rings. The van der Waals surface area contributed by atoms with Crippen molar-refractivity contribution in [2.45, 2.75) is 6.92 Å². The molecule has 0 heterocycles. The molecular formula is C11H13Cl2NO. The Morgan fingerprint density at radius 2 is 2.07 bits per heavy atom. The van der Waals surface area contributed by atoms with E-state index in [9.17, 15) is 4.79 Å². The van der Waals surface area contributed by atoms with Crippen molar-refractivity contribution >= 4 is 29.0 Å². The average Bonchev–Trinajstić information content (AvgIpc) is 2.21. The van der Waals surface area contributed by atoms with Gasteiger partial charge in [-0.05, 0) is 25.2 Å². The van der Waals surface area contributed by atoms with Gasteiger partial charge in [-0.15, -0.1) is 0 Å². The Kier molecular flexibility index (Phi) is 4.58. The van der Waals surface area contributed by atoms with Gasteiger partial charge < -0.3 is 5.32 Å². The Bertz CT molecular complexity index is 366. The van der Waals surface area contributed by atoms with E-state index in [1.807, 2.05) is 14.0 Å². The summed E-state index contributed by atoms with van der Waals surface area (Å²) in [5.41, 5.74) is 0.604. The minimum atomic E-state index is -0.0627. The molecular weight excluding hydrogens is 233 g/mol. The van der Waals surface area contributed by atoms with Crippen molar-refractivity contribution in [3.05, 3.63) is 33.8 Å². The largest absolute Gasteiger partial charge is 0.319 e. The van der Waals surface area contributed by atoms with E-state index in [0.717, 1.165) is 0 Å². The number of benzene rings is 1. The Balaban J connectivity index is 2.87. The highest BCUT2D eigenvalue weighted by Gasteiger charge is 2.15. The molecule has 0 bridgehead atoms. The summed E-state index contributed by atoms with van der Waals surface area (Å²) in [6.07, 6.45) is 0. The van der Waals surface area contributed by atoms with Gasteiger partial charge in [-0.1, -0.05) is 30.1 Å². The van der Waals surface area contributed by atoms with Crippen LogP contribution in [0, 0.1) is 5.92 Å². The molecule has 0 aliphatic heterocycles. The fourth-order valence-electron chi connectivity index (χ4n) is 1.33. The van der Waals surface area contributed by atoms with Crippen LogP contribution in [0.4, 0.5) is 0 Å². The third-order valence-corrected chi connectivity index (χ3v) is 2.90. The molecule has 0 aromatic heterocycles. The van der Waals surface area contributed by atoms with E-state index in [0.29, 0.717) is 22.2 Å². The molecule has 15 heavy (non-hydrogen) atoms. The number of hydrogen-bond acceptors (Lipinski definition) is 2. The summed E-state index contributed by atoms with van der Waals surface area (Å²) in [4.78, 5) is 11.9. The molecule has 1 unspecified atom stereocenters. The lowest BCUT2D eigenvalue weighted by Gasteiger charge is -2.09. The van der Waals surface area contributed by atoms with Crippen LogP contribution < -0.4 is 5.32 Å². The van der Waals surface area contributed by atoms with Crippen LogP contribution in [-0.4, -0.2) is 19.4 Å². The number of ketones is 1. The zero-order valence-corrected chi connectivity index (χ0v) is 10.2. The summed E-state index contributed by atoms with van der Waals surface area (Å²) in [5, 5.41) is 3.85. The number of nitrogens with one attached hydrogen (secondary N) is 1. The topological polar surface area (TPSA) is 29.1 Å². The van der Waals surface area contributed by atoms with Gasteiger partial charge in [0.25, 0.3) is 0 Å². The summed E-state index contributed by atoms with van der Waals surface area (Å²) in [7, 11) is 1.82. The van der Waals surface area contributed by atoms with Gasteiger partial charge in [0.1, 0.15) is 0 Å². The molecule has 0 aliphatic rings. The highest BCUT2D eigenvalue weighted by atomic mass is 35.5. The van der Waals surface area contributed by atoms with Crippen LogP contribution in [-0.2, 0) is 0 Å². The Morgan fingerprint density at radius 1 is 1.40 bits per heavy atom. The zero-order valence-electron chi connectivity index (χ0n) is 8.68. The molecule has 1 atom stereocenters. The second-order valence-corrected chi connectivity index (χ2v) is 4.27. The maximum absolute atomic E-state index is 11.9. The molecule has 4 heteroatoms. The summed E-state index contributed by atoms with van der Waals surface area (Å²) < 4.78 is 0. The first-order chi connectivity index (χ1) is 7.06. The first-order valence-corrected chi connectivity index (χ1v) is 5.45. The van der Waals surface area contributed by atoms with Gasteiger partial charge in [-0.25, -0.2) is 0 Å². The number of halogens is 2. The van der Waals surface area contributed by atoms with E-state index in [-0.39, 0.29) is 11.7 Å². The molecule has 1 aromatic rings. The van der Waals surface area contributed by atoms with E-state index >= 15 is 0 Å². The molecule has 1 aromatic carbocycles. The van der Waals surface area contributed by atoms with E-state index in [2.05, 4.69) is 5.32 Å². The van der Waals surface area contributed by atoms with Crippen molar-refractivity contribution in [1.82, 2.24) is 5.32 Å². The fraction of sp³-hybridized carbons (Fsp3) is 0.364. The van der Waals surface area contributed by atoms with E-state index in [1.54, 1.807) is 18.2 Å². The van der Waals surface area contributed by atoms with Crippen molar-refractivity contribution in [3.8, 4) is 0 Å². The first kappa shape index (κ1) is 12.5. The van der Waals surface area contributed by atoms with Gasteiger partial charge in [-0.3, -0.25) is 4.79 Å². The van der Waals surface area contributed by atoms with Gasteiger partial charge in [-0.2, -0.15) is 0 Å². The summed E-state index contributed by atoms with van der Waals surface area (Å²) in [5.74, 6) is 0.00941. The molecule has 0 saturated heterocycles. The van der Waals surface area contributed by atoms with Gasteiger partial charge in [0.05, 0.1) is 10.0 Å². The van der Waals surface area contributed by atoms with E-state index < -0.39 is 0 Å². The Labute approximate surface area is 99.6 Å². The third kappa shape index (κ3) is 3.20. The molecule has 82 valence electrons. The maximum atomic E-state index is 11.9. The van der Waals surface area contributed by atoms with Gasteiger partial charge in [0, 0.05) is 18.0 Å². The lowest BCUT2D eigenvalue weighted by atomic mass is 9.99. The van der Waals surface area contributed by atoms with Crippen LogP contribution in [0.3, 0.4) is 0 Å². The smallest absolute Gasteiger partial charge is 0.166 e. The van der Waals surface area contributed by atoms with Crippen molar-refractivity contribution < 1.29 is 4.79 Å². The number of hydrogen-bond donors (Lipinski definition) is 1. The second-order valence-electron chi connectivity index (χ2n) is 3.45. The van der Waals surface area contributed by atoms with E-state index in [1.165, 1.54) is 0 Å². The highest BCUT2D eigenvalue weighted by molar-refractivity contribution is 6.42. The van der Waals surface area contributed by atoms with Crippen molar-refractivity contribution in [2.24, 2.45) is 5.92 Å². The lowest BCUT2D eigenvalue weighted by Crippen LogP contribution is -2.23. The quantitative estimate of drug-likeness (QED) is 0.827. The molecule has 0 spiro atoms. The summed E-state index contributed by atoms with van der Waals surface area (Å²) in [6.45, 7) is 2.53. The molecule has 1 N–H and O–H groups in total. The Morgan fingerprint density at radius 3 is 2.60 bits per heavy atom. The summed E-state index contributed by atoms with van der Waals surface area (Å²) >= 11 is 11.6. The standard InChI is InChI=1S/C11H13Cl2NO/c1-7(6-14-2)11(15)8-3-4-9(12)10(13)5-8/h3-5,7,14H,6H2,1-2H3. The number of rotatable bonds is 4. The minimum Gasteiger partial charge on any atom is -0.319 e. The van der Waals surface area contributed by atoms with Gasteiger partial charge in [0.2, 0.25) is 0 Å². The van der Waals surface area contributed by atoms with Crippen LogP contribution >= 0.6 is 23.2 Å². The van der Waals surface area contributed by atoms with Crippen LogP contribution in [0.15, 0.2) is 18.2 Å². The zero-order chi connectivity index (χ0) is 11.4. The number of Topliss-reactive ketones (excluding diaryl/α,β-unsaturated/α-hetero) is 1. The SMILES string of the molecule is CNCC(C)C(=O)c1ccc(Cl)c(Cl)c1. The fourth-order valence-corrected chi connectivity index (χ4v) is 1.63. The first-order valence-electron chi connectivity index (χ1n) is 4.70.